The zero-order valence-corrected chi connectivity index (χ0v) is 17.2. The number of amides is 1. The first-order chi connectivity index (χ1) is 14.7. The van der Waals surface area contributed by atoms with Gasteiger partial charge in [-0.05, 0) is 44.2 Å². The van der Waals surface area contributed by atoms with Gasteiger partial charge in [0.1, 0.15) is 6.29 Å². The number of carbonyl (C=O) groups excluding carboxylic acids is 1. The fourth-order valence-electron chi connectivity index (χ4n) is 5.20. The molecule has 4 aliphatic heterocycles. The number of piperidine rings is 1. The Morgan fingerprint density at radius 2 is 1.93 bits per heavy atom. The molecule has 0 aliphatic carbocycles. The van der Waals surface area contributed by atoms with Crippen molar-refractivity contribution in [2.75, 3.05) is 18.4 Å². The first-order valence-electron chi connectivity index (χ1n) is 11.2. The third-order valence-corrected chi connectivity index (χ3v) is 6.74. The van der Waals surface area contributed by atoms with Crippen molar-refractivity contribution in [1.29, 1.82) is 0 Å². The summed E-state index contributed by atoms with van der Waals surface area (Å²) in [5.41, 5.74) is 1.03. The molecule has 3 saturated heterocycles. The van der Waals surface area contributed by atoms with E-state index >= 15 is 0 Å². The zero-order chi connectivity index (χ0) is 20.5. The second-order valence-electron chi connectivity index (χ2n) is 8.71. The van der Waals surface area contributed by atoms with Gasteiger partial charge < -0.3 is 10.4 Å². The van der Waals surface area contributed by atoms with Gasteiger partial charge in [0.2, 0.25) is 5.91 Å². The van der Waals surface area contributed by atoms with Crippen LogP contribution in [0.2, 0.25) is 0 Å². The Kier molecular flexibility index (Phi) is 5.75. The van der Waals surface area contributed by atoms with E-state index in [1.165, 1.54) is 0 Å². The summed E-state index contributed by atoms with van der Waals surface area (Å²) < 4.78 is 0. The lowest BCUT2D eigenvalue weighted by Gasteiger charge is -2.45. The zero-order valence-electron chi connectivity index (χ0n) is 17.2. The van der Waals surface area contributed by atoms with Gasteiger partial charge in [-0.15, -0.1) is 0 Å². The van der Waals surface area contributed by atoms with Gasteiger partial charge in [-0.1, -0.05) is 30.4 Å². The second-order valence-corrected chi connectivity index (χ2v) is 8.71. The van der Waals surface area contributed by atoms with E-state index in [0.29, 0.717) is 13.1 Å². The summed E-state index contributed by atoms with van der Waals surface area (Å²) >= 11 is 0. The highest BCUT2D eigenvalue weighted by atomic mass is 16.3. The number of allylic oxidation sites excluding steroid dienone is 1. The van der Waals surface area contributed by atoms with Crippen LogP contribution in [-0.4, -0.2) is 64.9 Å². The minimum absolute atomic E-state index is 0.0341. The molecule has 6 atom stereocenters. The van der Waals surface area contributed by atoms with Crippen LogP contribution < -0.4 is 21.3 Å². The van der Waals surface area contributed by atoms with E-state index in [2.05, 4.69) is 38.4 Å². The van der Waals surface area contributed by atoms with Crippen LogP contribution in [0, 0.1) is 5.92 Å². The van der Waals surface area contributed by atoms with Crippen molar-refractivity contribution in [1.82, 2.24) is 26.0 Å². The number of nitrogens with one attached hydrogen (secondary N) is 4. The third kappa shape index (κ3) is 3.86. The maximum atomic E-state index is 13.3. The Labute approximate surface area is 177 Å². The SMILES string of the molecule is O=C1C2CNC(Nc3ccccc3)NC2N2C3CCCC(N3)C(O)CC/C=C\CN12. The summed E-state index contributed by atoms with van der Waals surface area (Å²) in [5.74, 6) is 0.0220. The maximum Gasteiger partial charge on any atom is 0.244 e. The van der Waals surface area contributed by atoms with Crippen LogP contribution in [-0.2, 0) is 4.79 Å². The summed E-state index contributed by atoms with van der Waals surface area (Å²) in [6, 6.07) is 10.2. The molecule has 4 heterocycles. The number of aliphatic hydroxyl groups excluding tert-OH is 1. The highest BCUT2D eigenvalue weighted by Crippen LogP contribution is 2.32. The Morgan fingerprint density at radius 3 is 2.80 bits per heavy atom. The van der Waals surface area contributed by atoms with Crippen molar-refractivity contribution in [3.8, 4) is 0 Å². The van der Waals surface area contributed by atoms with Gasteiger partial charge in [0.05, 0.1) is 30.9 Å². The average Bonchev–Trinajstić information content (AvgIpc) is 3.04. The number of hydrogen-bond donors (Lipinski definition) is 5. The smallest absolute Gasteiger partial charge is 0.244 e. The molecule has 0 aromatic heterocycles. The molecule has 1 aromatic carbocycles. The lowest BCUT2D eigenvalue weighted by molar-refractivity contribution is -0.145. The average molecular weight is 413 g/mol. The third-order valence-electron chi connectivity index (χ3n) is 6.74. The Hall–Kier alpha value is -1.97. The number of anilines is 1. The van der Waals surface area contributed by atoms with E-state index in [1.54, 1.807) is 0 Å². The van der Waals surface area contributed by atoms with Crippen molar-refractivity contribution in [3.63, 3.8) is 0 Å². The van der Waals surface area contributed by atoms with E-state index in [4.69, 9.17) is 0 Å². The van der Waals surface area contributed by atoms with Gasteiger partial charge in [-0.25, -0.2) is 0 Å². The Bertz CT molecular complexity index is 774. The minimum atomic E-state index is -0.355. The van der Waals surface area contributed by atoms with Crippen molar-refractivity contribution in [2.45, 2.75) is 62.9 Å². The Balaban J connectivity index is 1.39. The summed E-state index contributed by atoms with van der Waals surface area (Å²) in [7, 11) is 0. The van der Waals surface area contributed by atoms with Crippen LogP contribution in [0.3, 0.4) is 0 Å². The molecule has 162 valence electrons. The van der Waals surface area contributed by atoms with Gasteiger partial charge in [-0.2, -0.15) is 5.01 Å². The van der Waals surface area contributed by atoms with Gasteiger partial charge in [-0.3, -0.25) is 25.8 Å². The topological polar surface area (TPSA) is 91.9 Å². The number of aliphatic hydroxyl groups is 1. The van der Waals surface area contributed by atoms with E-state index in [-0.39, 0.29) is 42.6 Å². The molecule has 4 aliphatic rings. The second kappa shape index (κ2) is 8.64. The normalized spacial score (nSPS) is 38.3. The molecular formula is C22H32N6O2. The predicted octanol–water partition coefficient (Wildman–Crippen LogP) is 0.756. The van der Waals surface area contributed by atoms with E-state index < -0.39 is 0 Å². The highest BCUT2D eigenvalue weighted by Gasteiger charge is 2.52. The Morgan fingerprint density at radius 1 is 1.07 bits per heavy atom. The van der Waals surface area contributed by atoms with E-state index in [9.17, 15) is 9.90 Å². The lowest BCUT2D eigenvalue weighted by Crippen LogP contribution is -2.68. The molecule has 0 spiro atoms. The molecule has 30 heavy (non-hydrogen) atoms. The van der Waals surface area contributed by atoms with Crippen LogP contribution >= 0.6 is 0 Å². The van der Waals surface area contributed by atoms with Crippen LogP contribution in [0.15, 0.2) is 42.5 Å². The van der Waals surface area contributed by atoms with Gasteiger partial charge in [0.15, 0.2) is 0 Å². The van der Waals surface area contributed by atoms with E-state index in [1.807, 2.05) is 35.3 Å². The molecule has 2 bridgehead atoms. The number of hydrogen-bond acceptors (Lipinski definition) is 7. The highest BCUT2D eigenvalue weighted by molar-refractivity contribution is 5.82. The molecule has 8 nitrogen and oxygen atoms in total. The number of hydrazine groups is 1. The lowest BCUT2D eigenvalue weighted by atomic mass is 9.95. The van der Waals surface area contributed by atoms with Gasteiger partial charge >= 0.3 is 0 Å². The van der Waals surface area contributed by atoms with Gasteiger partial charge in [0.25, 0.3) is 0 Å². The first kappa shape index (κ1) is 20.0. The molecule has 3 fully saturated rings. The quantitative estimate of drug-likeness (QED) is 0.458. The predicted molar refractivity (Wildman–Crippen MR) is 115 cm³/mol. The van der Waals surface area contributed by atoms with Gasteiger partial charge in [0, 0.05) is 18.3 Å². The summed E-state index contributed by atoms with van der Waals surface area (Å²) in [5, 5.41) is 28.9. The molecule has 6 unspecified atom stereocenters. The molecule has 5 N–H and O–H groups in total. The monoisotopic (exact) mass is 412 g/mol. The van der Waals surface area contributed by atoms with Crippen molar-refractivity contribution < 1.29 is 9.90 Å². The van der Waals surface area contributed by atoms with E-state index in [0.717, 1.165) is 37.8 Å². The number of benzene rings is 1. The van der Waals surface area contributed by atoms with Crippen molar-refractivity contribution in [3.05, 3.63) is 42.5 Å². The molecule has 1 amide bonds. The minimum Gasteiger partial charge on any atom is -0.391 e. The first-order valence-corrected chi connectivity index (χ1v) is 11.2. The largest absolute Gasteiger partial charge is 0.391 e. The maximum absolute atomic E-state index is 13.3. The van der Waals surface area contributed by atoms with Crippen LogP contribution in [0.5, 0.6) is 0 Å². The molecule has 8 heteroatoms. The standard InChI is InChI=1S/C22H32N6O2/c29-18-11-5-2-6-13-27-21(30)16-14-23-22(24-15-8-3-1-4-9-15)26-20(16)28(27)19-12-7-10-17(18)25-19/h1-4,6,8-9,16-20,22-26,29H,5,7,10-14H2/b6-2-. The number of nitrogens with zero attached hydrogens (tertiary/aromatic N) is 2. The summed E-state index contributed by atoms with van der Waals surface area (Å²) in [6.45, 7) is 1.19. The van der Waals surface area contributed by atoms with Crippen molar-refractivity contribution in [2.24, 2.45) is 5.92 Å². The van der Waals surface area contributed by atoms with Crippen molar-refractivity contribution >= 4 is 11.6 Å². The summed E-state index contributed by atoms with van der Waals surface area (Å²) in [6.07, 6.45) is 8.20. The number of fused-ring (bicyclic) bond motifs is 6. The van der Waals surface area contributed by atoms with Crippen LogP contribution in [0.1, 0.15) is 32.1 Å². The molecule has 5 rings (SSSR count). The molecular weight excluding hydrogens is 380 g/mol. The molecule has 1 aromatic rings. The molecule has 0 saturated carbocycles. The summed E-state index contributed by atoms with van der Waals surface area (Å²) in [4.78, 5) is 13.3. The van der Waals surface area contributed by atoms with Crippen LogP contribution in [0.4, 0.5) is 5.69 Å². The fourth-order valence-corrected chi connectivity index (χ4v) is 5.20. The molecule has 0 radical (unpaired) electrons. The number of para-hydroxylation sites is 1. The number of rotatable bonds is 2. The number of carbonyl (C=O) groups is 1. The van der Waals surface area contributed by atoms with Crippen LogP contribution in [0.25, 0.3) is 0 Å². The fraction of sp³-hybridized carbons (Fsp3) is 0.591.